The van der Waals surface area contributed by atoms with E-state index in [0.29, 0.717) is 5.69 Å². The average molecular weight is 387 g/mol. The smallest absolute Gasteiger partial charge is 0.337 e. The van der Waals surface area contributed by atoms with Crippen molar-refractivity contribution in [2.45, 2.75) is 13.3 Å². The number of hydrogen-bond acceptors (Lipinski definition) is 2. The SMILES string of the molecule is Cc1ccc(C(=O)O)c(NC(=O)Cc2c[nH]c3ccc(Br)cc23)c1. The van der Waals surface area contributed by atoms with Crippen LogP contribution in [0.15, 0.2) is 47.1 Å². The number of aromatic nitrogens is 1. The fourth-order valence-corrected chi connectivity index (χ4v) is 2.97. The molecule has 6 heteroatoms. The van der Waals surface area contributed by atoms with Crippen molar-refractivity contribution >= 4 is 44.4 Å². The monoisotopic (exact) mass is 386 g/mol. The Morgan fingerprint density at radius 1 is 1.21 bits per heavy atom. The number of nitrogens with one attached hydrogen (secondary N) is 2. The van der Waals surface area contributed by atoms with Crippen LogP contribution in [0.5, 0.6) is 0 Å². The number of hydrogen-bond donors (Lipinski definition) is 3. The third-order valence-corrected chi connectivity index (χ3v) is 4.25. The van der Waals surface area contributed by atoms with Gasteiger partial charge in [-0.1, -0.05) is 22.0 Å². The standard InChI is InChI=1S/C18H15BrN2O3/c1-10-2-4-13(18(23)24)16(6-10)21-17(22)7-11-9-20-15-5-3-12(19)8-14(11)15/h2-6,8-9,20H,7H2,1H3,(H,21,22)(H,23,24). The van der Waals surface area contributed by atoms with Gasteiger partial charge in [0.25, 0.3) is 0 Å². The quantitative estimate of drug-likeness (QED) is 0.630. The summed E-state index contributed by atoms with van der Waals surface area (Å²) in [6, 6.07) is 10.7. The molecular weight excluding hydrogens is 372 g/mol. The Balaban J connectivity index is 1.84. The van der Waals surface area contributed by atoms with Crippen molar-refractivity contribution in [2.24, 2.45) is 0 Å². The van der Waals surface area contributed by atoms with Gasteiger partial charge in [0.05, 0.1) is 17.7 Å². The molecule has 1 amide bonds. The highest BCUT2D eigenvalue weighted by atomic mass is 79.9. The highest BCUT2D eigenvalue weighted by molar-refractivity contribution is 9.10. The van der Waals surface area contributed by atoms with Crippen LogP contribution < -0.4 is 5.32 Å². The summed E-state index contributed by atoms with van der Waals surface area (Å²) in [4.78, 5) is 26.8. The van der Waals surface area contributed by atoms with Gasteiger partial charge in [0.1, 0.15) is 0 Å². The molecule has 0 atom stereocenters. The van der Waals surface area contributed by atoms with E-state index in [0.717, 1.165) is 26.5 Å². The second kappa shape index (κ2) is 6.49. The lowest BCUT2D eigenvalue weighted by Gasteiger charge is -2.09. The second-order valence-corrected chi connectivity index (χ2v) is 6.50. The summed E-state index contributed by atoms with van der Waals surface area (Å²) < 4.78 is 0.933. The number of benzene rings is 2. The lowest BCUT2D eigenvalue weighted by molar-refractivity contribution is -0.115. The van der Waals surface area contributed by atoms with Crippen LogP contribution in [-0.2, 0) is 11.2 Å². The maximum absolute atomic E-state index is 12.4. The number of amides is 1. The predicted molar refractivity (Wildman–Crippen MR) is 96.5 cm³/mol. The zero-order chi connectivity index (χ0) is 17.3. The first-order valence-electron chi connectivity index (χ1n) is 7.33. The highest BCUT2D eigenvalue weighted by Gasteiger charge is 2.14. The normalized spacial score (nSPS) is 10.8. The van der Waals surface area contributed by atoms with Gasteiger partial charge in [-0.15, -0.1) is 0 Å². The van der Waals surface area contributed by atoms with Crippen molar-refractivity contribution in [3.05, 3.63) is 63.8 Å². The van der Waals surface area contributed by atoms with Gasteiger partial charge in [-0.05, 0) is 48.4 Å². The lowest BCUT2D eigenvalue weighted by Crippen LogP contribution is -2.16. The maximum atomic E-state index is 12.4. The molecule has 0 bridgehead atoms. The van der Waals surface area contributed by atoms with E-state index in [1.54, 1.807) is 18.3 Å². The molecule has 0 spiro atoms. The van der Waals surface area contributed by atoms with E-state index in [9.17, 15) is 14.7 Å². The molecule has 0 fully saturated rings. The first-order chi connectivity index (χ1) is 11.4. The Morgan fingerprint density at radius 2 is 2.00 bits per heavy atom. The fraction of sp³-hybridized carbons (Fsp3) is 0.111. The van der Waals surface area contributed by atoms with Gasteiger partial charge >= 0.3 is 5.97 Å². The molecule has 0 radical (unpaired) electrons. The minimum Gasteiger partial charge on any atom is -0.478 e. The molecule has 0 saturated heterocycles. The molecule has 3 rings (SSSR count). The van der Waals surface area contributed by atoms with Crippen LogP contribution in [0.25, 0.3) is 10.9 Å². The molecule has 3 N–H and O–H groups in total. The number of carboxylic acids is 1. The second-order valence-electron chi connectivity index (χ2n) is 5.58. The molecule has 5 nitrogen and oxygen atoms in total. The Labute approximate surface area is 146 Å². The van der Waals surface area contributed by atoms with Crippen LogP contribution in [0.1, 0.15) is 21.5 Å². The predicted octanol–water partition coefficient (Wildman–Crippen LogP) is 4.12. The lowest BCUT2D eigenvalue weighted by atomic mass is 10.1. The van der Waals surface area contributed by atoms with Gasteiger partial charge in [-0.25, -0.2) is 4.79 Å². The highest BCUT2D eigenvalue weighted by Crippen LogP contribution is 2.24. The summed E-state index contributed by atoms with van der Waals surface area (Å²) in [6.45, 7) is 1.85. The number of fused-ring (bicyclic) bond motifs is 1. The molecule has 122 valence electrons. The van der Waals surface area contributed by atoms with Crippen LogP contribution in [0.2, 0.25) is 0 Å². The van der Waals surface area contributed by atoms with Gasteiger partial charge < -0.3 is 15.4 Å². The Bertz CT molecular complexity index is 947. The number of aromatic carboxylic acids is 1. The Morgan fingerprint density at radius 3 is 2.75 bits per heavy atom. The van der Waals surface area contributed by atoms with E-state index < -0.39 is 5.97 Å². The number of anilines is 1. The third kappa shape index (κ3) is 3.33. The largest absolute Gasteiger partial charge is 0.478 e. The van der Waals surface area contributed by atoms with Gasteiger partial charge in [0.2, 0.25) is 5.91 Å². The van der Waals surface area contributed by atoms with E-state index in [1.165, 1.54) is 6.07 Å². The van der Waals surface area contributed by atoms with Crippen molar-refractivity contribution in [1.29, 1.82) is 0 Å². The van der Waals surface area contributed by atoms with Gasteiger partial charge in [0.15, 0.2) is 0 Å². The molecular formula is C18H15BrN2O3. The Hall–Kier alpha value is -2.60. The molecule has 0 aliphatic rings. The maximum Gasteiger partial charge on any atom is 0.337 e. The van der Waals surface area contributed by atoms with E-state index >= 15 is 0 Å². The van der Waals surface area contributed by atoms with Crippen molar-refractivity contribution in [3.8, 4) is 0 Å². The number of carboxylic acid groups (broad SMARTS) is 1. The van der Waals surface area contributed by atoms with E-state index in [2.05, 4.69) is 26.2 Å². The first-order valence-corrected chi connectivity index (χ1v) is 8.12. The molecule has 0 aliphatic carbocycles. The number of rotatable bonds is 4. The summed E-state index contributed by atoms with van der Waals surface area (Å²) >= 11 is 3.43. The number of halogens is 1. The number of H-pyrrole nitrogens is 1. The molecule has 3 aromatic rings. The third-order valence-electron chi connectivity index (χ3n) is 3.76. The summed E-state index contributed by atoms with van der Waals surface area (Å²) in [5.74, 6) is -1.33. The zero-order valence-corrected chi connectivity index (χ0v) is 14.5. The number of carbonyl (C=O) groups is 2. The molecule has 24 heavy (non-hydrogen) atoms. The van der Waals surface area contributed by atoms with Crippen LogP contribution in [0.4, 0.5) is 5.69 Å². The fourth-order valence-electron chi connectivity index (χ4n) is 2.61. The minimum atomic E-state index is -1.07. The molecule has 0 aliphatic heterocycles. The zero-order valence-electron chi connectivity index (χ0n) is 12.9. The number of aromatic amines is 1. The Kier molecular flexibility index (Phi) is 4.40. The number of aryl methyl sites for hydroxylation is 1. The van der Waals surface area contributed by atoms with Crippen LogP contribution >= 0.6 is 15.9 Å². The molecule has 1 aromatic heterocycles. The molecule has 1 heterocycles. The van der Waals surface area contributed by atoms with E-state index in [4.69, 9.17) is 0 Å². The summed E-state index contributed by atoms with van der Waals surface area (Å²) in [5, 5.41) is 12.9. The van der Waals surface area contributed by atoms with Crippen molar-refractivity contribution in [2.75, 3.05) is 5.32 Å². The van der Waals surface area contributed by atoms with Crippen LogP contribution in [0.3, 0.4) is 0 Å². The summed E-state index contributed by atoms with van der Waals surface area (Å²) in [6.07, 6.45) is 1.95. The van der Waals surface area contributed by atoms with E-state index in [1.807, 2.05) is 25.1 Å². The van der Waals surface area contributed by atoms with Crippen LogP contribution in [-0.4, -0.2) is 22.0 Å². The summed E-state index contributed by atoms with van der Waals surface area (Å²) in [7, 11) is 0. The summed E-state index contributed by atoms with van der Waals surface area (Å²) in [5.41, 5.74) is 3.08. The van der Waals surface area contributed by atoms with Crippen molar-refractivity contribution in [3.63, 3.8) is 0 Å². The van der Waals surface area contributed by atoms with Gasteiger partial charge in [-0.2, -0.15) is 0 Å². The average Bonchev–Trinajstić information content (AvgIpc) is 2.89. The molecule has 0 unspecified atom stereocenters. The van der Waals surface area contributed by atoms with Gasteiger partial charge in [-0.3, -0.25) is 4.79 Å². The number of carbonyl (C=O) groups excluding carboxylic acids is 1. The molecule has 2 aromatic carbocycles. The minimum absolute atomic E-state index is 0.0793. The van der Waals surface area contributed by atoms with Crippen molar-refractivity contribution in [1.82, 2.24) is 4.98 Å². The van der Waals surface area contributed by atoms with E-state index in [-0.39, 0.29) is 17.9 Å². The van der Waals surface area contributed by atoms with Crippen LogP contribution in [0, 0.1) is 6.92 Å². The van der Waals surface area contributed by atoms with Crippen molar-refractivity contribution < 1.29 is 14.7 Å². The van der Waals surface area contributed by atoms with Gasteiger partial charge in [0, 0.05) is 21.6 Å². The topological polar surface area (TPSA) is 82.2 Å². The molecule has 0 saturated carbocycles. The first kappa shape index (κ1) is 16.3.